The lowest BCUT2D eigenvalue weighted by Crippen LogP contribution is -1.94. The number of aromatic nitrogens is 2. The molecular weight excluding hydrogens is 1190 g/mol. The molecule has 97 heavy (non-hydrogen) atoms. The van der Waals surface area contributed by atoms with Gasteiger partial charge in [-0.25, -0.2) is 0 Å². The molecule has 3 aromatic heterocycles. The Labute approximate surface area is 565 Å². The molecule has 0 aliphatic heterocycles. The SMILES string of the molecule is c1ccc(-c2c3ccccc3c(-c3ccc(-c4ccc5c(c4)c4ccccc4n5-c4ccccc4)cc3)c3ccccc23)cc1.c1ccc(-c2c3ccccc3c(-c3ccc(-n4c5ccccc5c5cc(-c6cccc7c6sc6ccccc67)ccc54)cc3)c3ccccc23)cc1. The Morgan fingerprint density at radius 3 is 0.948 bits per heavy atom. The van der Waals surface area contributed by atoms with Crippen molar-refractivity contribution >= 4 is 118 Å². The number of fused-ring (bicyclic) bond motifs is 13. The molecule has 20 rings (SSSR count). The molecule has 3 heterocycles. The fraction of sp³-hybridized carbons (Fsp3) is 0. The molecule has 3 heteroatoms. The molecule has 0 aliphatic carbocycles. The number of para-hydroxylation sites is 3. The molecule has 0 N–H and O–H groups in total. The van der Waals surface area contributed by atoms with E-state index in [9.17, 15) is 0 Å². The van der Waals surface area contributed by atoms with E-state index in [4.69, 9.17) is 0 Å². The van der Waals surface area contributed by atoms with Gasteiger partial charge in [0.05, 0.1) is 22.1 Å². The third-order valence-corrected chi connectivity index (χ3v) is 21.2. The van der Waals surface area contributed by atoms with Crippen molar-refractivity contribution < 1.29 is 0 Å². The third kappa shape index (κ3) is 9.30. The maximum atomic E-state index is 2.42. The van der Waals surface area contributed by atoms with Crippen molar-refractivity contribution in [3.05, 3.63) is 364 Å². The molecular formula is C94H60N2S. The van der Waals surface area contributed by atoms with Crippen LogP contribution in [-0.2, 0) is 0 Å². The highest BCUT2D eigenvalue weighted by Gasteiger charge is 2.21. The van der Waals surface area contributed by atoms with E-state index in [1.807, 2.05) is 11.3 Å². The van der Waals surface area contributed by atoms with Crippen LogP contribution in [0.3, 0.4) is 0 Å². The van der Waals surface area contributed by atoms with Gasteiger partial charge in [-0.05, 0) is 177 Å². The van der Waals surface area contributed by atoms with Crippen LogP contribution < -0.4 is 0 Å². The highest BCUT2D eigenvalue weighted by molar-refractivity contribution is 7.26. The maximum absolute atomic E-state index is 2.42. The molecule has 0 saturated carbocycles. The molecule has 2 nitrogen and oxygen atoms in total. The minimum absolute atomic E-state index is 1.16. The lowest BCUT2D eigenvalue weighted by atomic mass is 9.86. The van der Waals surface area contributed by atoms with Crippen LogP contribution >= 0.6 is 11.3 Å². The summed E-state index contributed by atoms with van der Waals surface area (Å²) in [5, 5.41) is 17.9. The van der Waals surface area contributed by atoms with Crippen LogP contribution in [0.1, 0.15) is 0 Å². The number of hydrogen-bond donors (Lipinski definition) is 0. The molecule has 452 valence electrons. The van der Waals surface area contributed by atoms with Crippen LogP contribution in [0.4, 0.5) is 0 Å². The fourth-order valence-electron chi connectivity index (χ4n) is 15.7. The normalized spacial score (nSPS) is 11.7. The van der Waals surface area contributed by atoms with Crippen molar-refractivity contribution in [3.8, 4) is 78.1 Å². The van der Waals surface area contributed by atoms with Crippen molar-refractivity contribution in [2.75, 3.05) is 0 Å². The van der Waals surface area contributed by atoms with Crippen LogP contribution in [-0.4, -0.2) is 9.13 Å². The molecule has 0 saturated heterocycles. The summed E-state index contributed by atoms with van der Waals surface area (Å²) in [7, 11) is 0. The van der Waals surface area contributed by atoms with Crippen LogP contribution in [0.2, 0.25) is 0 Å². The predicted molar refractivity (Wildman–Crippen MR) is 417 cm³/mol. The Hall–Kier alpha value is -12.4. The van der Waals surface area contributed by atoms with E-state index in [1.54, 1.807) is 0 Å². The Morgan fingerprint density at radius 1 is 0.175 bits per heavy atom. The monoisotopic (exact) mass is 1250 g/mol. The lowest BCUT2D eigenvalue weighted by Gasteiger charge is -2.18. The highest BCUT2D eigenvalue weighted by Crippen LogP contribution is 2.48. The second kappa shape index (κ2) is 23.3. The molecule has 0 atom stereocenters. The fourth-order valence-corrected chi connectivity index (χ4v) is 17.0. The zero-order valence-corrected chi connectivity index (χ0v) is 53.8. The molecule has 0 bridgehead atoms. The van der Waals surface area contributed by atoms with Gasteiger partial charge < -0.3 is 9.13 Å². The van der Waals surface area contributed by atoms with Crippen molar-refractivity contribution in [2.45, 2.75) is 0 Å². The van der Waals surface area contributed by atoms with Crippen LogP contribution in [0.15, 0.2) is 364 Å². The highest BCUT2D eigenvalue weighted by atomic mass is 32.1. The van der Waals surface area contributed by atoms with Gasteiger partial charge in [0, 0.05) is 53.1 Å². The van der Waals surface area contributed by atoms with Gasteiger partial charge in [0.2, 0.25) is 0 Å². The summed E-state index contributed by atoms with van der Waals surface area (Å²) in [6.07, 6.45) is 0. The summed E-state index contributed by atoms with van der Waals surface area (Å²) in [5.74, 6) is 0. The van der Waals surface area contributed by atoms with Gasteiger partial charge >= 0.3 is 0 Å². The predicted octanol–water partition coefficient (Wildman–Crippen LogP) is 26.6. The Balaban J connectivity index is 0.000000138. The molecule has 0 spiro atoms. The van der Waals surface area contributed by atoms with Crippen LogP contribution in [0.25, 0.3) is 185 Å². The van der Waals surface area contributed by atoms with Crippen molar-refractivity contribution in [3.63, 3.8) is 0 Å². The van der Waals surface area contributed by atoms with E-state index in [2.05, 4.69) is 373 Å². The molecule has 0 fully saturated rings. The standard InChI is InChI=1S/C50H31NS.C44H29N/c1-2-13-32(14-3-1)48-39-17-4-6-19-41(39)49(42-20-7-5-18-40(42)48)33-25-28-35(29-26-33)51-45-23-10-8-15-37(45)44-31-34(27-30-46(44)51)36-21-12-22-43-38-16-9-11-24-47(38)52-50(36)43;1-3-13-31(14-4-1)43-36-18-7-9-20-38(36)44(39-21-10-8-19-37(39)43)32-25-23-30(24-26-32)33-27-28-42-40(29-33)35-17-11-12-22-41(35)45(42)34-15-5-2-6-16-34/h1-31H;1-29H. The minimum Gasteiger partial charge on any atom is -0.309 e. The zero-order valence-electron chi connectivity index (χ0n) is 52.9. The van der Waals surface area contributed by atoms with Crippen molar-refractivity contribution in [1.29, 1.82) is 0 Å². The van der Waals surface area contributed by atoms with Gasteiger partial charge in [0.1, 0.15) is 0 Å². The van der Waals surface area contributed by atoms with Gasteiger partial charge in [0.15, 0.2) is 0 Å². The average molecular weight is 1250 g/mol. The quantitative estimate of drug-likeness (QED) is 0.134. The maximum Gasteiger partial charge on any atom is 0.0541 e. The molecule has 0 unspecified atom stereocenters. The van der Waals surface area contributed by atoms with Gasteiger partial charge in [0.25, 0.3) is 0 Å². The number of hydrogen-bond acceptors (Lipinski definition) is 1. The van der Waals surface area contributed by atoms with Gasteiger partial charge in [-0.3, -0.25) is 0 Å². The lowest BCUT2D eigenvalue weighted by molar-refractivity contribution is 1.18. The zero-order chi connectivity index (χ0) is 63.9. The average Bonchev–Trinajstić information content (AvgIpc) is 1.29. The summed E-state index contributed by atoms with van der Waals surface area (Å²) in [6, 6.07) is 133. The summed E-state index contributed by atoms with van der Waals surface area (Å²) >= 11 is 1.89. The largest absolute Gasteiger partial charge is 0.309 e. The first-order valence-electron chi connectivity index (χ1n) is 33.4. The van der Waals surface area contributed by atoms with E-state index in [0.29, 0.717) is 0 Å². The van der Waals surface area contributed by atoms with Crippen LogP contribution in [0, 0.1) is 0 Å². The first kappa shape index (κ1) is 56.2. The molecule has 0 aliphatic rings. The molecule has 0 amide bonds. The summed E-state index contributed by atoms with van der Waals surface area (Å²) in [6.45, 7) is 0. The Bertz CT molecular complexity index is 6340. The number of nitrogens with zero attached hydrogens (tertiary/aromatic N) is 2. The number of thiophene rings is 1. The Kier molecular flexibility index (Phi) is 13.5. The van der Waals surface area contributed by atoms with Crippen LogP contribution in [0.5, 0.6) is 0 Å². The van der Waals surface area contributed by atoms with Gasteiger partial charge in [-0.1, -0.05) is 297 Å². The third-order valence-electron chi connectivity index (χ3n) is 20.0. The van der Waals surface area contributed by atoms with E-state index >= 15 is 0 Å². The summed E-state index contributed by atoms with van der Waals surface area (Å²) in [4.78, 5) is 0. The number of benzene rings is 17. The Morgan fingerprint density at radius 2 is 0.485 bits per heavy atom. The smallest absolute Gasteiger partial charge is 0.0541 e. The molecule has 0 radical (unpaired) electrons. The second-order valence-corrected chi connectivity index (χ2v) is 26.4. The van der Waals surface area contributed by atoms with Gasteiger partial charge in [-0.15, -0.1) is 11.3 Å². The van der Waals surface area contributed by atoms with Crippen molar-refractivity contribution in [2.24, 2.45) is 0 Å². The first-order chi connectivity index (χ1) is 48.2. The van der Waals surface area contributed by atoms with E-state index in [0.717, 1.165) is 5.69 Å². The topological polar surface area (TPSA) is 9.86 Å². The summed E-state index contributed by atoms with van der Waals surface area (Å²) < 4.78 is 7.47. The number of rotatable bonds is 8. The van der Waals surface area contributed by atoms with E-state index in [-0.39, 0.29) is 0 Å². The molecule has 17 aromatic carbocycles. The van der Waals surface area contributed by atoms with Crippen molar-refractivity contribution in [1.82, 2.24) is 9.13 Å². The minimum atomic E-state index is 1.16. The van der Waals surface area contributed by atoms with E-state index in [1.165, 1.54) is 179 Å². The second-order valence-electron chi connectivity index (χ2n) is 25.3. The first-order valence-corrected chi connectivity index (χ1v) is 34.2. The molecule has 20 aromatic rings. The summed E-state index contributed by atoms with van der Waals surface area (Å²) in [5.41, 5.74) is 22.3. The van der Waals surface area contributed by atoms with Gasteiger partial charge in [-0.2, -0.15) is 0 Å². The van der Waals surface area contributed by atoms with E-state index < -0.39 is 0 Å².